The molecule has 3 heterocycles. The molecule has 1 aromatic rings. The largest absolute Gasteiger partial charge is 0.466 e. The third-order valence-electron chi connectivity index (χ3n) is 5.58. The zero-order valence-corrected chi connectivity index (χ0v) is 17.5. The van der Waals surface area contributed by atoms with Crippen molar-refractivity contribution in [3.8, 4) is 0 Å². The van der Waals surface area contributed by atoms with E-state index < -0.39 is 0 Å². The van der Waals surface area contributed by atoms with Crippen molar-refractivity contribution in [3.05, 3.63) is 24.3 Å². The van der Waals surface area contributed by atoms with Gasteiger partial charge in [0.25, 0.3) is 5.91 Å². The SMILES string of the molecule is CCOC(=O)C1CCN(C(=O)CCN(CC2CCCO2)C(=O)c2cnccn2)CC1. The average Bonchev–Trinajstić information content (AvgIpc) is 3.30. The van der Waals surface area contributed by atoms with Crippen LogP contribution in [0.5, 0.6) is 0 Å². The molecule has 0 aromatic carbocycles. The van der Waals surface area contributed by atoms with E-state index in [1.807, 2.05) is 0 Å². The van der Waals surface area contributed by atoms with Crippen LogP contribution in [-0.4, -0.2) is 83.0 Å². The van der Waals surface area contributed by atoms with Gasteiger partial charge < -0.3 is 19.3 Å². The molecule has 0 aliphatic carbocycles. The van der Waals surface area contributed by atoms with Gasteiger partial charge in [-0.3, -0.25) is 19.4 Å². The number of piperidine rings is 1. The highest BCUT2D eigenvalue weighted by atomic mass is 16.5. The van der Waals surface area contributed by atoms with E-state index in [1.165, 1.54) is 18.6 Å². The number of carbonyl (C=O) groups excluding carboxylic acids is 3. The van der Waals surface area contributed by atoms with E-state index >= 15 is 0 Å². The van der Waals surface area contributed by atoms with Crippen molar-refractivity contribution in [2.45, 2.75) is 45.1 Å². The smallest absolute Gasteiger partial charge is 0.309 e. The van der Waals surface area contributed by atoms with Crippen LogP contribution in [0.15, 0.2) is 18.6 Å². The molecule has 2 aliphatic rings. The number of esters is 1. The van der Waals surface area contributed by atoms with Gasteiger partial charge in [0.05, 0.1) is 24.8 Å². The van der Waals surface area contributed by atoms with Crippen LogP contribution >= 0.6 is 0 Å². The molecule has 0 N–H and O–H groups in total. The highest BCUT2D eigenvalue weighted by molar-refractivity contribution is 5.92. The van der Waals surface area contributed by atoms with E-state index in [9.17, 15) is 14.4 Å². The first-order chi connectivity index (χ1) is 14.6. The lowest BCUT2D eigenvalue weighted by Crippen LogP contribution is -2.43. The molecule has 0 bridgehead atoms. The number of hydrogen-bond acceptors (Lipinski definition) is 7. The molecule has 1 aromatic heterocycles. The minimum atomic E-state index is -0.243. The van der Waals surface area contributed by atoms with Gasteiger partial charge in [0.1, 0.15) is 5.69 Å². The molecule has 0 spiro atoms. The zero-order chi connectivity index (χ0) is 21.3. The molecule has 1 atom stereocenters. The van der Waals surface area contributed by atoms with E-state index in [1.54, 1.807) is 16.7 Å². The van der Waals surface area contributed by atoms with Crippen molar-refractivity contribution in [1.29, 1.82) is 0 Å². The van der Waals surface area contributed by atoms with Crippen LogP contribution in [0, 0.1) is 5.92 Å². The molecule has 30 heavy (non-hydrogen) atoms. The summed E-state index contributed by atoms with van der Waals surface area (Å²) in [6.07, 6.45) is 7.76. The summed E-state index contributed by atoms with van der Waals surface area (Å²) in [7, 11) is 0. The number of ether oxygens (including phenoxy) is 2. The number of likely N-dealkylation sites (tertiary alicyclic amines) is 1. The molecule has 2 saturated heterocycles. The summed E-state index contributed by atoms with van der Waals surface area (Å²) in [5.41, 5.74) is 0.262. The van der Waals surface area contributed by atoms with Crippen LogP contribution in [-0.2, 0) is 19.1 Å². The maximum Gasteiger partial charge on any atom is 0.309 e. The number of rotatable bonds is 8. The van der Waals surface area contributed by atoms with Crippen molar-refractivity contribution in [2.75, 3.05) is 39.4 Å². The first kappa shape index (κ1) is 22.1. The standard InChI is InChI=1S/C21H30N4O5/c1-2-29-21(28)16-5-10-24(11-6-16)19(26)7-12-25(15-17-4-3-13-30-17)20(27)18-14-22-8-9-23-18/h8-9,14,16-17H,2-7,10-13,15H2,1H3. The average molecular weight is 418 g/mol. The van der Waals surface area contributed by atoms with Crippen LogP contribution in [0.2, 0.25) is 0 Å². The monoisotopic (exact) mass is 418 g/mol. The summed E-state index contributed by atoms with van der Waals surface area (Å²) < 4.78 is 10.8. The topological polar surface area (TPSA) is 102 Å². The Balaban J connectivity index is 1.53. The van der Waals surface area contributed by atoms with Crippen molar-refractivity contribution in [2.24, 2.45) is 5.92 Å². The van der Waals surface area contributed by atoms with Crippen LogP contribution in [0.3, 0.4) is 0 Å². The Morgan fingerprint density at radius 2 is 2.03 bits per heavy atom. The van der Waals surface area contributed by atoms with Gasteiger partial charge in [-0.15, -0.1) is 0 Å². The van der Waals surface area contributed by atoms with E-state index in [4.69, 9.17) is 9.47 Å². The molecule has 1 unspecified atom stereocenters. The number of aromatic nitrogens is 2. The molecule has 0 saturated carbocycles. The second kappa shape index (κ2) is 11.0. The predicted octanol–water partition coefficient (Wildman–Crippen LogP) is 1.29. The molecular weight excluding hydrogens is 388 g/mol. The minimum Gasteiger partial charge on any atom is -0.466 e. The quantitative estimate of drug-likeness (QED) is 0.586. The summed E-state index contributed by atoms with van der Waals surface area (Å²) in [4.78, 5) is 49.0. The molecule has 9 heteroatoms. The molecule has 164 valence electrons. The Labute approximate surface area is 176 Å². The van der Waals surface area contributed by atoms with Crippen molar-refractivity contribution >= 4 is 17.8 Å². The number of amides is 2. The maximum absolute atomic E-state index is 12.9. The Bertz CT molecular complexity index is 715. The summed E-state index contributed by atoms with van der Waals surface area (Å²) in [5.74, 6) is -0.570. The summed E-state index contributed by atoms with van der Waals surface area (Å²) in [5, 5.41) is 0. The predicted molar refractivity (Wildman–Crippen MR) is 107 cm³/mol. The second-order valence-electron chi connectivity index (χ2n) is 7.63. The van der Waals surface area contributed by atoms with Gasteiger partial charge in [-0.25, -0.2) is 4.98 Å². The second-order valence-corrected chi connectivity index (χ2v) is 7.63. The molecule has 3 rings (SSSR count). The van der Waals surface area contributed by atoms with Crippen LogP contribution < -0.4 is 0 Å². The van der Waals surface area contributed by atoms with Crippen LogP contribution in [0.25, 0.3) is 0 Å². The molecule has 2 amide bonds. The fraction of sp³-hybridized carbons (Fsp3) is 0.667. The van der Waals surface area contributed by atoms with Crippen LogP contribution in [0.4, 0.5) is 0 Å². The van der Waals surface area contributed by atoms with Gasteiger partial charge in [-0.1, -0.05) is 0 Å². The molecule has 2 fully saturated rings. The lowest BCUT2D eigenvalue weighted by molar-refractivity contribution is -0.151. The third-order valence-corrected chi connectivity index (χ3v) is 5.58. The number of hydrogen-bond donors (Lipinski definition) is 0. The first-order valence-corrected chi connectivity index (χ1v) is 10.7. The van der Waals surface area contributed by atoms with E-state index in [0.29, 0.717) is 52.2 Å². The fourth-order valence-electron chi connectivity index (χ4n) is 3.89. The number of carbonyl (C=O) groups is 3. The van der Waals surface area contributed by atoms with Gasteiger partial charge in [0.15, 0.2) is 0 Å². The molecule has 9 nitrogen and oxygen atoms in total. The highest BCUT2D eigenvalue weighted by Gasteiger charge is 2.29. The van der Waals surface area contributed by atoms with Crippen molar-refractivity contribution in [3.63, 3.8) is 0 Å². The molecule has 0 radical (unpaired) electrons. The zero-order valence-electron chi connectivity index (χ0n) is 17.5. The summed E-state index contributed by atoms with van der Waals surface area (Å²) in [6.45, 7) is 4.67. The fourth-order valence-corrected chi connectivity index (χ4v) is 3.89. The lowest BCUT2D eigenvalue weighted by Gasteiger charge is -2.32. The van der Waals surface area contributed by atoms with Gasteiger partial charge in [0.2, 0.25) is 5.91 Å². The number of nitrogens with zero attached hydrogens (tertiary/aromatic N) is 4. The highest BCUT2D eigenvalue weighted by Crippen LogP contribution is 2.20. The Morgan fingerprint density at radius 3 is 2.67 bits per heavy atom. The maximum atomic E-state index is 12.9. The Morgan fingerprint density at radius 1 is 1.23 bits per heavy atom. The first-order valence-electron chi connectivity index (χ1n) is 10.7. The summed E-state index contributed by atoms with van der Waals surface area (Å²) >= 11 is 0. The third kappa shape index (κ3) is 5.98. The molecule has 2 aliphatic heterocycles. The molecular formula is C21H30N4O5. The lowest BCUT2D eigenvalue weighted by atomic mass is 9.97. The Hall–Kier alpha value is -2.55. The van der Waals surface area contributed by atoms with Crippen LogP contribution in [0.1, 0.15) is 49.5 Å². The normalized spacial score (nSPS) is 19.5. The Kier molecular flexibility index (Phi) is 8.12. The van der Waals surface area contributed by atoms with Gasteiger partial charge in [-0.05, 0) is 32.6 Å². The summed E-state index contributed by atoms with van der Waals surface area (Å²) in [6, 6.07) is 0. The van der Waals surface area contributed by atoms with E-state index in [0.717, 1.165) is 12.8 Å². The van der Waals surface area contributed by atoms with Gasteiger partial charge in [0, 0.05) is 51.6 Å². The van der Waals surface area contributed by atoms with Gasteiger partial charge in [-0.2, -0.15) is 0 Å². The van der Waals surface area contributed by atoms with Gasteiger partial charge >= 0.3 is 5.97 Å². The van der Waals surface area contributed by atoms with Crippen molar-refractivity contribution < 1.29 is 23.9 Å². The minimum absolute atomic E-state index is 0.0124. The van der Waals surface area contributed by atoms with E-state index in [2.05, 4.69) is 9.97 Å². The van der Waals surface area contributed by atoms with E-state index in [-0.39, 0.29) is 41.9 Å². The van der Waals surface area contributed by atoms with Crippen molar-refractivity contribution in [1.82, 2.24) is 19.8 Å².